The number of benzene rings is 2. The summed E-state index contributed by atoms with van der Waals surface area (Å²) in [6.45, 7) is 2.31. The van der Waals surface area contributed by atoms with Crippen LogP contribution in [-0.4, -0.2) is 20.7 Å². The molecule has 0 aliphatic carbocycles. The third kappa shape index (κ3) is 5.27. The van der Waals surface area contributed by atoms with Crippen LogP contribution in [0.4, 0.5) is 10.3 Å². The summed E-state index contributed by atoms with van der Waals surface area (Å²) in [5, 5.41) is 7.68. The number of aryl methyl sites for hydroxylation is 1. The molecular formula is C22H17Cl2FN4O3. The number of furan rings is 1. The fraction of sp³-hybridized carbons (Fsp3) is 0.136. The van der Waals surface area contributed by atoms with Gasteiger partial charge in [-0.3, -0.25) is 10.1 Å². The van der Waals surface area contributed by atoms with Crippen LogP contribution in [0.3, 0.4) is 0 Å². The summed E-state index contributed by atoms with van der Waals surface area (Å²) in [6, 6.07) is 12.6. The zero-order valence-electron chi connectivity index (χ0n) is 16.8. The fourth-order valence-corrected chi connectivity index (χ4v) is 3.20. The maximum atomic E-state index is 13.2. The minimum atomic E-state index is -0.504. The molecule has 2 aromatic carbocycles. The number of nitrogens with zero attached hydrogens (tertiary/aromatic N) is 3. The molecule has 0 spiro atoms. The molecule has 164 valence electrons. The molecule has 4 aromatic rings. The van der Waals surface area contributed by atoms with Gasteiger partial charge in [0, 0.05) is 10.0 Å². The minimum Gasteiger partial charge on any atom is -0.486 e. The second-order valence-corrected chi connectivity index (χ2v) is 7.74. The van der Waals surface area contributed by atoms with Gasteiger partial charge in [-0.1, -0.05) is 29.3 Å². The van der Waals surface area contributed by atoms with Crippen LogP contribution in [0.1, 0.15) is 27.4 Å². The molecule has 7 nitrogen and oxygen atoms in total. The molecule has 1 N–H and O–H groups in total. The molecule has 4 rings (SSSR count). The lowest BCUT2D eigenvalue weighted by atomic mass is 10.2. The second kappa shape index (κ2) is 9.42. The third-order valence-electron chi connectivity index (χ3n) is 4.51. The maximum Gasteiger partial charge on any atom is 0.293 e. The van der Waals surface area contributed by atoms with Crippen molar-refractivity contribution in [2.45, 2.75) is 20.1 Å². The minimum absolute atomic E-state index is 0.0915. The molecular weight excluding hydrogens is 458 g/mol. The van der Waals surface area contributed by atoms with E-state index in [2.05, 4.69) is 15.4 Å². The summed E-state index contributed by atoms with van der Waals surface area (Å²) in [7, 11) is 0. The number of halogens is 3. The number of hydrogen-bond acceptors (Lipinski definition) is 5. The lowest BCUT2D eigenvalue weighted by Gasteiger charge is -2.06. The zero-order chi connectivity index (χ0) is 22.7. The molecule has 1 amide bonds. The van der Waals surface area contributed by atoms with Crippen molar-refractivity contribution < 1.29 is 18.3 Å². The molecule has 10 heteroatoms. The van der Waals surface area contributed by atoms with E-state index in [4.69, 9.17) is 32.4 Å². The third-order valence-corrected chi connectivity index (χ3v) is 5.28. The molecule has 2 aromatic heterocycles. The van der Waals surface area contributed by atoms with Crippen LogP contribution in [0.15, 0.2) is 59.3 Å². The van der Waals surface area contributed by atoms with E-state index in [0.717, 1.165) is 5.56 Å². The second-order valence-electron chi connectivity index (χ2n) is 6.92. The lowest BCUT2D eigenvalue weighted by molar-refractivity contribution is 0.0991. The molecule has 0 bridgehead atoms. The summed E-state index contributed by atoms with van der Waals surface area (Å²) in [5.41, 5.74) is 1.57. The summed E-state index contributed by atoms with van der Waals surface area (Å²) < 4.78 is 25.9. The molecule has 0 radical (unpaired) electrons. The standard InChI is InChI=1S/C22H17Cl2FN4O3/c1-13-8-16(4-6-18(13)23)31-11-17-5-7-20(32-17)21(30)27-22-26-12-29(28-22)10-14-2-3-15(25)9-19(14)24/h2-9,12H,10-11H2,1H3,(H,27,28,30). The summed E-state index contributed by atoms with van der Waals surface area (Å²) in [6.07, 6.45) is 1.44. The molecule has 0 atom stereocenters. The van der Waals surface area contributed by atoms with E-state index in [0.29, 0.717) is 22.1 Å². The Bertz CT molecular complexity index is 1270. The van der Waals surface area contributed by atoms with E-state index in [1.807, 2.05) is 13.0 Å². The summed E-state index contributed by atoms with van der Waals surface area (Å²) in [5.74, 6) is 0.387. The number of carbonyl (C=O) groups is 1. The highest BCUT2D eigenvalue weighted by Gasteiger charge is 2.14. The van der Waals surface area contributed by atoms with Gasteiger partial charge in [0.1, 0.15) is 30.3 Å². The average molecular weight is 475 g/mol. The highest BCUT2D eigenvalue weighted by atomic mass is 35.5. The number of aromatic nitrogens is 3. The van der Waals surface area contributed by atoms with E-state index < -0.39 is 11.7 Å². The molecule has 0 saturated carbocycles. The van der Waals surface area contributed by atoms with Crippen LogP contribution in [-0.2, 0) is 13.2 Å². The van der Waals surface area contributed by atoms with Crippen LogP contribution in [0, 0.1) is 12.7 Å². The van der Waals surface area contributed by atoms with Crippen LogP contribution < -0.4 is 10.1 Å². The van der Waals surface area contributed by atoms with Crippen molar-refractivity contribution in [3.05, 3.63) is 93.4 Å². The van der Waals surface area contributed by atoms with Gasteiger partial charge in [0.25, 0.3) is 5.91 Å². The predicted octanol–water partition coefficient (Wildman–Crippen LogP) is 5.51. The number of rotatable bonds is 7. The van der Waals surface area contributed by atoms with E-state index in [-0.39, 0.29) is 29.9 Å². The van der Waals surface area contributed by atoms with E-state index in [9.17, 15) is 9.18 Å². The van der Waals surface area contributed by atoms with Crippen molar-refractivity contribution in [2.75, 3.05) is 5.32 Å². The lowest BCUT2D eigenvalue weighted by Crippen LogP contribution is -2.12. The monoisotopic (exact) mass is 474 g/mol. The first-order valence-corrected chi connectivity index (χ1v) is 10.3. The van der Waals surface area contributed by atoms with Gasteiger partial charge in [-0.05, 0) is 60.5 Å². The van der Waals surface area contributed by atoms with Crippen molar-refractivity contribution in [1.82, 2.24) is 14.8 Å². The first-order valence-electron chi connectivity index (χ1n) is 9.50. The fourth-order valence-electron chi connectivity index (χ4n) is 2.85. The molecule has 2 heterocycles. The Kier molecular flexibility index (Phi) is 6.43. The number of amides is 1. The molecule has 0 unspecified atom stereocenters. The van der Waals surface area contributed by atoms with Gasteiger partial charge >= 0.3 is 0 Å². The van der Waals surface area contributed by atoms with Crippen LogP contribution in [0.25, 0.3) is 0 Å². The van der Waals surface area contributed by atoms with Gasteiger partial charge in [0.05, 0.1) is 6.54 Å². The van der Waals surface area contributed by atoms with Crippen molar-refractivity contribution in [1.29, 1.82) is 0 Å². The Labute approximate surface area is 192 Å². The number of ether oxygens (including phenoxy) is 1. The molecule has 0 saturated heterocycles. The smallest absolute Gasteiger partial charge is 0.293 e. The summed E-state index contributed by atoms with van der Waals surface area (Å²) >= 11 is 12.0. The van der Waals surface area contributed by atoms with Crippen LogP contribution in [0.5, 0.6) is 5.75 Å². The van der Waals surface area contributed by atoms with Crippen LogP contribution in [0.2, 0.25) is 10.0 Å². The molecule has 32 heavy (non-hydrogen) atoms. The zero-order valence-corrected chi connectivity index (χ0v) is 18.3. The SMILES string of the molecule is Cc1cc(OCc2ccc(C(=O)Nc3ncn(Cc4ccc(F)cc4Cl)n3)o2)ccc1Cl. The normalized spacial score (nSPS) is 10.9. The summed E-state index contributed by atoms with van der Waals surface area (Å²) in [4.78, 5) is 16.5. The molecule has 0 aliphatic rings. The van der Waals surface area contributed by atoms with E-state index in [1.54, 1.807) is 24.3 Å². The number of anilines is 1. The van der Waals surface area contributed by atoms with E-state index in [1.165, 1.54) is 29.2 Å². The van der Waals surface area contributed by atoms with Crippen molar-refractivity contribution >= 4 is 35.1 Å². The average Bonchev–Trinajstić information content (AvgIpc) is 3.40. The Morgan fingerprint density at radius 3 is 2.78 bits per heavy atom. The highest BCUT2D eigenvalue weighted by Crippen LogP contribution is 2.22. The Hall–Kier alpha value is -3.36. The van der Waals surface area contributed by atoms with Crippen molar-refractivity contribution in [2.24, 2.45) is 0 Å². The number of nitrogens with one attached hydrogen (secondary N) is 1. The first-order chi connectivity index (χ1) is 15.4. The van der Waals surface area contributed by atoms with Gasteiger partial charge in [-0.25, -0.2) is 14.1 Å². The van der Waals surface area contributed by atoms with Crippen LogP contribution >= 0.6 is 23.2 Å². The maximum absolute atomic E-state index is 13.2. The Balaban J connectivity index is 1.34. The van der Waals surface area contributed by atoms with Gasteiger partial charge in [0.2, 0.25) is 5.95 Å². The quantitative estimate of drug-likeness (QED) is 0.382. The predicted molar refractivity (Wildman–Crippen MR) is 118 cm³/mol. The Morgan fingerprint density at radius 2 is 2.00 bits per heavy atom. The first kappa shape index (κ1) is 21.9. The van der Waals surface area contributed by atoms with Gasteiger partial charge in [-0.15, -0.1) is 5.10 Å². The van der Waals surface area contributed by atoms with Gasteiger partial charge < -0.3 is 9.15 Å². The largest absolute Gasteiger partial charge is 0.486 e. The van der Waals surface area contributed by atoms with Gasteiger partial charge in [-0.2, -0.15) is 0 Å². The Morgan fingerprint density at radius 1 is 1.16 bits per heavy atom. The van der Waals surface area contributed by atoms with Crippen molar-refractivity contribution in [3.63, 3.8) is 0 Å². The molecule has 0 fully saturated rings. The molecule has 0 aliphatic heterocycles. The van der Waals surface area contributed by atoms with Gasteiger partial charge in [0.15, 0.2) is 5.76 Å². The van der Waals surface area contributed by atoms with Crippen molar-refractivity contribution in [3.8, 4) is 5.75 Å². The highest BCUT2D eigenvalue weighted by molar-refractivity contribution is 6.31. The van der Waals surface area contributed by atoms with E-state index >= 15 is 0 Å². The topological polar surface area (TPSA) is 82.2 Å². The number of carbonyl (C=O) groups excluding carboxylic acids is 1. The number of hydrogen-bond donors (Lipinski definition) is 1.